The highest BCUT2D eigenvalue weighted by atomic mass is 32.2. The predicted octanol–water partition coefficient (Wildman–Crippen LogP) is -0.0222. The molecule has 3 rings (SSSR count). The molecule has 152 valence electrons. The van der Waals surface area contributed by atoms with Crippen molar-refractivity contribution < 1.29 is 22.8 Å². The van der Waals surface area contributed by atoms with Crippen LogP contribution >= 0.6 is 0 Å². The molecule has 1 N–H and O–H groups in total. The summed E-state index contributed by atoms with van der Waals surface area (Å²) in [5.74, 6) is -1.41. The van der Waals surface area contributed by atoms with E-state index in [1.54, 1.807) is 21.1 Å². The van der Waals surface area contributed by atoms with E-state index in [1.165, 1.54) is 9.80 Å². The Morgan fingerprint density at radius 2 is 1.89 bits per heavy atom. The average Bonchev–Trinajstić information content (AvgIpc) is 3.31. The summed E-state index contributed by atoms with van der Waals surface area (Å²) in [5.41, 5.74) is -0.358. The monoisotopic (exact) mass is 400 g/mol. The molecule has 1 heterocycles. The number of carbonyl (C=O) groups excluding carboxylic acids is 3. The predicted molar refractivity (Wildman–Crippen MR) is 98.2 cm³/mol. The van der Waals surface area contributed by atoms with E-state index >= 15 is 0 Å². The molecule has 4 amide bonds. The van der Waals surface area contributed by atoms with E-state index in [-0.39, 0.29) is 30.5 Å². The molecule has 1 saturated heterocycles. The number of hydrogen-bond donors (Lipinski definition) is 1. The second kappa shape index (κ2) is 6.73. The Morgan fingerprint density at radius 1 is 1.26 bits per heavy atom. The third-order valence-corrected chi connectivity index (χ3v) is 8.08. The maximum absolute atomic E-state index is 12.9. The summed E-state index contributed by atoms with van der Waals surface area (Å²) in [4.78, 5) is 41.3. The highest BCUT2D eigenvalue weighted by Crippen LogP contribution is 2.39. The van der Waals surface area contributed by atoms with Gasteiger partial charge < -0.3 is 9.80 Å². The van der Waals surface area contributed by atoms with Crippen LogP contribution in [0.15, 0.2) is 0 Å². The van der Waals surface area contributed by atoms with Crippen LogP contribution in [0.2, 0.25) is 0 Å². The van der Waals surface area contributed by atoms with Crippen molar-refractivity contribution in [1.82, 2.24) is 19.4 Å². The lowest BCUT2D eigenvalue weighted by Crippen LogP contribution is -2.64. The fourth-order valence-electron chi connectivity index (χ4n) is 3.89. The van der Waals surface area contributed by atoms with Crippen molar-refractivity contribution in [2.24, 2.45) is 5.92 Å². The molecule has 2 saturated carbocycles. The minimum absolute atomic E-state index is 0.166. The van der Waals surface area contributed by atoms with Crippen molar-refractivity contribution in [2.45, 2.75) is 55.9 Å². The van der Waals surface area contributed by atoms with Gasteiger partial charge in [0.15, 0.2) is 0 Å². The molecule has 3 aliphatic rings. The SMILES string of the molecule is CN(C)C(=O)CN1C(=O)C2CC(S(=O)(=O)NC3(C)CC3)CCC2N(C)C1=O. The van der Waals surface area contributed by atoms with Crippen LogP contribution in [0.5, 0.6) is 0 Å². The van der Waals surface area contributed by atoms with Crippen molar-refractivity contribution in [3.8, 4) is 0 Å². The zero-order valence-electron chi connectivity index (χ0n) is 16.3. The summed E-state index contributed by atoms with van der Waals surface area (Å²) in [5, 5.41) is -0.659. The molecule has 0 radical (unpaired) electrons. The van der Waals surface area contributed by atoms with Crippen LogP contribution in [-0.2, 0) is 19.6 Å². The lowest BCUT2D eigenvalue weighted by Gasteiger charge is -2.46. The van der Waals surface area contributed by atoms with Crippen LogP contribution in [0.3, 0.4) is 0 Å². The molecule has 9 nitrogen and oxygen atoms in total. The van der Waals surface area contributed by atoms with Crippen molar-refractivity contribution in [3.05, 3.63) is 0 Å². The number of carbonyl (C=O) groups is 3. The van der Waals surface area contributed by atoms with E-state index in [2.05, 4.69) is 4.72 Å². The number of hydrogen-bond acceptors (Lipinski definition) is 5. The van der Waals surface area contributed by atoms with E-state index in [0.29, 0.717) is 12.8 Å². The largest absolute Gasteiger partial charge is 0.347 e. The minimum atomic E-state index is -3.54. The number of amides is 4. The van der Waals surface area contributed by atoms with Gasteiger partial charge in [0.05, 0.1) is 11.2 Å². The van der Waals surface area contributed by atoms with Crippen LogP contribution in [0, 0.1) is 5.92 Å². The molecule has 3 fully saturated rings. The van der Waals surface area contributed by atoms with Crippen molar-refractivity contribution in [1.29, 1.82) is 0 Å². The second-order valence-electron chi connectivity index (χ2n) is 8.42. The van der Waals surface area contributed by atoms with Crippen molar-refractivity contribution in [3.63, 3.8) is 0 Å². The highest BCUT2D eigenvalue weighted by molar-refractivity contribution is 7.90. The zero-order chi connectivity index (χ0) is 20.1. The van der Waals surface area contributed by atoms with Crippen LogP contribution in [-0.4, -0.2) is 85.5 Å². The molecule has 1 aliphatic heterocycles. The zero-order valence-corrected chi connectivity index (χ0v) is 17.1. The molecule has 27 heavy (non-hydrogen) atoms. The molecule has 10 heteroatoms. The number of nitrogens with zero attached hydrogens (tertiary/aromatic N) is 3. The van der Waals surface area contributed by atoms with Crippen molar-refractivity contribution >= 4 is 27.9 Å². The Hall–Kier alpha value is -1.68. The van der Waals surface area contributed by atoms with E-state index in [4.69, 9.17) is 0 Å². The van der Waals surface area contributed by atoms with E-state index in [9.17, 15) is 22.8 Å². The fourth-order valence-corrected chi connectivity index (χ4v) is 5.86. The summed E-state index contributed by atoms with van der Waals surface area (Å²) in [6, 6.07) is -0.819. The standard InChI is InChI=1S/C17H28N4O5S/c1-17(7-8-17)18-27(25,26)11-5-6-13-12(9-11)15(23)21(16(24)20(13)4)10-14(22)19(2)3/h11-13,18H,5-10H2,1-4H3. The normalized spacial score (nSPS) is 30.1. The fraction of sp³-hybridized carbons (Fsp3) is 0.824. The maximum atomic E-state index is 12.9. The molecule has 0 bridgehead atoms. The number of likely N-dealkylation sites (N-methyl/N-ethyl adjacent to an activating group) is 1. The summed E-state index contributed by atoms with van der Waals surface area (Å²) in [6.45, 7) is 1.55. The highest BCUT2D eigenvalue weighted by Gasteiger charge is 2.51. The first-order chi connectivity index (χ1) is 12.4. The summed E-state index contributed by atoms with van der Waals surface area (Å²) < 4.78 is 28.3. The number of imide groups is 1. The molecule has 0 aromatic heterocycles. The van der Waals surface area contributed by atoms with Gasteiger partial charge in [0, 0.05) is 32.7 Å². The lowest BCUT2D eigenvalue weighted by atomic mass is 9.81. The number of nitrogens with one attached hydrogen (secondary N) is 1. The third kappa shape index (κ3) is 3.82. The quantitative estimate of drug-likeness (QED) is 0.698. The van der Waals surface area contributed by atoms with E-state index < -0.39 is 33.1 Å². The first-order valence-electron chi connectivity index (χ1n) is 9.26. The molecule has 3 unspecified atom stereocenters. The van der Waals surface area contributed by atoms with E-state index in [0.717, 1.165) is 17.7 Å². The Kier molecular flexibility index (Phi) is 5.00. The Morgan fingerprint density at radius 3 is 2.44 bits per heavy atom. The average molecular weight is 401 g/mol. The molecule has 3 atom stereocenters. The summed E-state index contributed by atoms with van der Waals surface area (Å²) in [7, 11) is 1.19. The van der Waals surface area contributed by atoms with Crippen LogP contribution < -0.4 is 4.72 Å². The first-order valence-corrected chi connectivity index (χ1v) is 10.8. The van der Waals surface area contributed by atoms with Crippen molar-refractivity contribution in [2.75, 3.05) is 27.7 Å². The van der Waals surface area contributed by atoms with Crippen LogP contribution in [0.25, 0.3) is 0 Å². The maximum Gasteiger partial charge on any atom is 0.327 e. The minimum Gasteiger partial charge on any atom is -0.347 e. The topological polar surface area (TPSA) is 107 Å². The Bertz CT molecular complexity index is 761. The van der Waals surface area contributed by atoms with Gasteiger partial charge in [-0.05, 0) is 39.0 Å². The number of fused-ring (bicyclic) bond motifs is 1. The van der Waals surface area contributed by atoms with Gasteiger partial charge >= 0.3 is 6.03 Å². The summed E-state index contributed by atoms with van der Waals surface area (Å²) >= 11 is 0. The number of rotatable bonds is 5. The second-order valence-corrected chi connectivity index (χ2v) is 10.4. The molecular weight excluding hydrogens is 372 g/mol. The Labute approximate surface area is 160 Å². The summed E-state index contributed by atoms with van der Waals surface area (Å²) in [6.07, 6.45) is 2.67. The molecular formula is C17H28N4O5S. The molecule has 0 aromatic carbocycles. The third-order valence-electron chi connectivity index (χ3n) is 6.00. The van der Waals surface area contributed by atoms with Gasteiger partial charge in [0.25, 0.3) is 0 Å². The molecule has 0 spiro atoms. The smallest absolute Gasteiger partial charge is 0.327 e. The van der Waals surface area contributed by atoms with Gasteiger partial charge in [-0.3, -0.25) is 14.5 Å². The van der Waals surface area contributed by atoms with Gasteiger partial charge in [-0.25, -0.2) is 17.9 Å². The van der Waals surface area contributed by atoms with Gasteiger partial charge in [-0.1, -0.05) is 0 Å². The van der Waals surface area contributed by atoms with Gasteiger partial charge in [-0.15, -0.1) is 0 Å². The van der Waals surface area contributed by atoms with Gasteiger partial charge in [-0.2, -0.15) is 0 Å². The van der Waals surface area contributed by atoms with Gasteiger partial charge in [0.2, 0.25) is 21.8 Å². The van der Waals surface area contributed by atoms with E-state index in [1.807, 2.05) is 6.92 Å². The Balaban J connectivity index is 1.77. The first kappa shape index (κ1) is 20.1. The number of sulfonamides is 1. The van der Waals surface area contributed by atoms with Crippen LogP contribution in [0.1, 0.15) is 39.0 Å². The molecule has 2 aliphatic carbocycles. The number of urea groups is 1. The van der Waals surface area contributed by atoms with Gasteiger partial charge in [0.1, 0.15) is 6.54 Å². The molecule has 0 aromatic rings. The van der Waals surface area contributed by atoms with Crippen LogP contribution in [0.4, 0.5) is 4.79 Å². The lowest BCUT2D eigenvalue weighted by molar-refractivity contribution is -0.144.